The topological polar surface area (TPSA) is 68.0 Å². The van der Waals surface area contributed by atoms with E-state index in [-0.39, 0.29) is 5.91 Å². The minimum atomic E-state index is 0.0117. The number of nitrogens with zero attached hydrogens (tertiary/aromatic N) is 2. The zero-order valence-electron chi connectivity index (χ0n) is 11.0. The molecule has 0 radical (unpaired) electrons. The molecule has 5 nitrogen and oxygen atoms in total. The lowest BCUT2D eigenvalue weighted by atomic mass is 10.1. The molecular formula is C16H11N3O2. The third kappa shape index (κ3) is 2.08. The fourth-order valence-electron chi connectivity index (χ4n) is 2.40. The summed E-state index contributed by atoms with van der Waals surface area (Å²) in [5.74, 6) is 0.953. The molecule has 5 heteroatoms. The first-order valence-electron chi connectivity index (χ1n) is 6.62. The molecule has 4 rings (SSSR count). The first-order valence-corrected chi connectivity index (χ1v) is 6.62. The van der Waals surface area contributed by atoms with Crippen molar-refractivity contribution in [2.75, 3.05) is 5.32 Å². The number of fused-ring (bicyclic) bond motifs is 1. The number of benzene rings is 2. The summed E-state index contributed by atoms with van der Waals surface area (Å²) in [6.07, 6.45) is 0.392. The van der Waals surface area contributed by atoms with Crippen LogP contribution in [0.15, 0.2) is 52.9 Å². The van der Waals surface area contributed by atoms with Gasteiger partial charge in [0.15, 0.2) is 0 Å². The van der Waals surface area contributed by atoms with Gasteiger partial charge >= 0.3 is 0 Å². The Morgan fingerprint density at radius 3 is 2.52 bits per heavy atom. The van der Waals surface area contributed by atoms with Crippen LogP contribution in [0.4, 0.5) is 5.69 Å². The van der Waals surface area contributed by atoms with E-state index in [1.54, 1.807) is 0 Å². The largest absolute Gasteiger partial charge is 0.416 e. The van der Waals surface area contributed by atoms with Gasteiger partial charge in [-0.2, -0.15) is 0 Å². The van der Waals surface area contributed by atoms with Crippen LogP contribution in [0.1, 0.15) is 5.56 Å². The highest BCUT2D eigenvalue weighted by atomic mass is 16.4. The fraction of sp³-hybridized carbons (Fsp3) is 0.0625. The van der Waals surface area contributed by atoms with Crippen LogP contribution >= 0.6 is 0 Å². The van der Waals surface area contributed by atoms with Gasteiger partial charge in [-0.25, -0.2) is 0 Å². The number of carbonyl (C=O) groups excluding carboxylic acids is 1. The smallest absolute Gasteiger partial charge is 0.248 e. The van der Waals surface area contributed by atoms with E-state index < -0.39 is 0 Å². The first-order chi connectivity index (χ1) is 10.3. The standard InChI is InChI=1S/C16H11N3O2/c20-14-9-12-8-11(6-7-13(12)17-14)16-19-18-15(21-16)10-4-2-1-3-5-10/h1-8H,9H2,(H,17,20). The Morgan fingerprint density at radius 1 is 0.952 bits per heavy atom. The maximum Gasteiger partial charge on any atom is 0.248 e. The summed E-state index contributed by atoms with van der Waals surface area (Å²) in [5.41, 5.74) is 3.51. The molecule has 3 aromatic rings. The van der Waals surface area contributed by atoms with E-state index in [1.807, 2.05) is 48.5 Å². The number of carbonyl (C=O) groups is 1. The molecule has 0 aliphatic carbocycles. The number of hydrogen-bond donors (Lipinski definition) is 1. The van der Waals surface area contributed by atoms with Crippen LogP contribution < -0.4 is 5.32 Å². The normalized spacial score (nSPS) is 13.0. The van der Waals surface area contributed by atoms with Crippen molar-refractivity contribution in [3.63, 3.8) is 0 Å². The molecule has 1 aromatic heterocycles. The molecule has 0 bridgehead atoms. The number of aromatic nitrogens is 2. The molecule has 0 saturated carbocycles. The summed E-state index contributed by atoms with van der Waals surface area (Å²) in [5, 5.41) is 11.0. The van der Waals surface area contributed by atoms with Gasteiger partial charge in [0.2, 0.25) is 17.7 Å². The van der Waals surface area contributed by atoms with Gasteiger partial charge < -0.3 is 9.73 Å². The third-order valence-corrected chi connectivity index (χ3v) is 3.42. The predicted octanol–water partition coefficient (Wildman–Crippen LogP) is 2.90. The highest BCUT2D eigenvalue weighted by molar-refractivity contribution is 5.99. The Morgan fingerprint density at radius 2 is 1.71 bits per heavy atom. The Bertz CT molecular complexity index is 825. The lowest BCUT2D eigenvalue weighted by Gasteiger charge is -2.00. The van der Waals surface area contributed by atoms with E-state index in [0.717, 1.165) is 22.4 Å². The van der Waals surface area contributed by atoms with Crippen molar-refractivity contribution in [3.8, 4) is 22.9 Å². The number of hydrogen-bond acceptors (Lipinski definition) is 4. The van der Waals surface area contributed by atoms with Gasteiger partial charge in [0.05, 0.1) is 6.42 Å². The molecule has 0 saturated heterocycles. The number of amides is 1. The monoisotopic (exact) mass is 277 g/mol. The highest BCUT2D eigenvalue weighted by Crippen LogP contribution is 2.29. The lowest BCUT2D eigenvalue weighted by molar-refractivity contribution is -0.115. The van der Waals surface area contributed by atoms with Crippen molar-refractivity contribution in [2.24, 2.45) is 0 Å². The summed E-state index contributed by atoms with van der Waals surface area (Å²) >= 11 is 0. The molecule has 1 aliphatic rings. The lowest BCUT2D eigenvalue weighted by Crippen LogP contribution is -2.03. The second-order valence-electron chi connectivity index (χ2n) is 4.88. The molecular weight excluding hydrogens is 266 g/mol. The minimum absolute atomic E-state index is 0.0117. The summed E-state index contributed by atoms with van der Waals surface area (Å²) < 4.78 is 5.71. The molecule has 21 heavy (non-hydrogen) atoms. The van der Waals surface area contributed by atoms with Crippen molar-refractivity contribution in [1.82, 2.24) is 10.2 Å². The van der Waals surface area contributed by atoms with E-state index in [1.165, 1.54) is 0 Å². The van der Waals surface area contributed by atoms with Crippen LogP contribution in [0.2, 0.25) is 0 Å². The predicted molar refractivity (Wildman–Crippen MR) is 77.5 cm³/mol. The maximum absolute atomic E-state index is 11.4. The second-order valence-corrected chi connectivity index (χ2v) is 4.88. The van der Waals surface area contributed by atoms with Gasteiger partial charge in [-0.05, 0) is 35.9 Å². The average molecular weight is 277 g/mol. The molecule has 102 valence electrons. The Labute approximate surface area is 120 Å². The molecule has 2 heterocycles. The van der Waals surface area contributed by atoms with E-state index >= 15 is 0 Å². The van der Waals surface area contributed by atoms with Gasteiger partial charge in [-0.15, -0.1) is 10.2 Å². The summed E-state index contributed by atoms with van der Waals surface area (Å²) in [4.78, 5) is 11.4. The quantitative estimate of drug-likeness (QED) is 0.782. The van der Waals surface area contributed by atoms with Crippen molar-refractivity contribution in [3.05, 3.63) is 54.1 Å². The van der Waals surface area contributed by atoms with E-state index in [0.29, 0.717) is 18.2 Å². The molecule has 0 atom stereocenters. The molecule has 0 fully saturated rings. The van der Waals surface area contributed by atoms with Gasteiger partial charge in [0, 0.05) is 16.8 Å². The van der Waals surface area contributed by atoms with Crippen molar-refractivity contribution >= 4 is 11.6 Å². The van der Waals surface area contributed by atoms with Crippen LogP contribution in [-0.4, -0.2) is 16.1 Å². The van der Waals surface area contributed by atoms with Crippen molar-refractivity contribution in [2.45, 2.75) is 6.42 Å². The van der Waals surface area contributed by atoms with Crippen molar-refractivity contribution in [1.29, 1.82) is 0 Å². The number of nitrogens with one attached hydrogen (secondary N) is 1. The number of anilines is 1. The third-order valence-electron chi connectivity index (χ3n) is 3.42. The minimum Gasteiger partial charge on any atom is -0.416 e. The van der Waals surface area contributed by atoms with Crippen LogP contribution in [0, 0.1) is 0 Å². The zero-order chi connectivity index (χ0) is 14.2. The Balaban J connectivity index is 1.71. The van der Waals surface area contributed by atoms with E-state index in [9.17, 15) is 4.79 Å². The van der Waals surface area contributed by atoms with Crippen LogP contribution in [-0.2, 0) is 11.2 Å². The van der Waals surface area contributed by atoms with Crippen LogP contribution in [0.25, 0.3) is 22.9 Å². The van der Waals surface area contributed by atoms with Gasteiger partial charge in [0.1, 0.15) is 0 Å². The maximum atomic E-state index is 11.4. The van der Waals surface area contributed by atoms with Gasteiger partial charge in [0.25, 0.3) is 0 Å². The van der Waals surface area contributed by atoms with Crippen molar-refractivity contribution < 1.29 is 9.21 Å². The molecule has 0 spiro atoms. The molecule has 1 N–H and O–H groups in total. The Hall–Kier alpha value is -2.95. The van der Waals surface area contributed by atoms with Gasteiger partial charge in [-0.1, -0.05) is 18.2 Å². The average Bonchev–Trinajstić information content (AvgIpc) is 3.12. The first kappa shape index (κ1) is 11.8. The molecule has 0 unspecified atom stereocenters. The summed E-state index contributed by atoms with van der Waals surface area (Å²) in [6.45, 7) is 0. The second kappa shape index (κ2) is 4.56. The Kier molecular flexibility index (Phi) is 2.57. The van der Waals surface area contributed by atoms with E-state index in [2.05, 4.69) is 15.5 Å². The SMILES string of the molecule is O=C1Cc2cc(-c3nnc(-c4ccccc4)o3)ccc2N1. The summed E-state index contributed by atoms with van der Waals surface area (Å²) in [6, 6.07) is 15.3. The molecule has 2 aromatic carbocycles. The number of rotatable bonds is 2. The highest BCUT2D eigenvalue weighted by Gasteiger charge is 2.19. The van der Waals surface area contributed by atoms with Gasteiger partial charge in [-0.3, -0.25) is 4.79 Å². The van der Waals surface area contributed by atoms with Crippen LogP contribution in [0.5, 0.6) is 0 Å². The fourth-order valence-corrected chi connectivity index (χ4v) is 2.40. The summed E-state index contributed by atoms with van der Waals surface area (Å²) in [7, 11) is 0. The molecule has 1 amide bonds. The van der Waals surface area contributed by atoms with Crippen LogP contribution in [0.3, 0.4) is 0 Å². The van der Waals surface area contributed by atoms with E-state index in [4.69, 9.17) is 4.42 Å². The zero-order valence-corrected chi connectivity index (χ0v) is 11.0. The molecule has 1 aliphatic heterocycles.